The normalized spacial score (nSPS) is 16.0. The first kappa shape index (κ1) is 15.3. The van der Waals surface area contributed by atoms with E-state index in [9.17, 15) is 4.79 Å². The van der Waals surface area contributed by atoms with Gasteiger partial charge >= 0.3 is 0 Å². The number of aryl methyl sites for hydroxylation is 1. The van der Waals surface area contributed by atoms with Crippen LogP contribution in [0, 0.1) is 12.8 Å². The zero-order valence-electron chi connectivity index (χ0n) is 13.7. The second kappa shape index (κ2) is 6.36. The van der Waals surface area contributed by atoms with Gasteiger partial charge in [0.25, 0.3) is 5.56 Å². The molecule has 5 nitrogen and oxygen atoms in total. The zero-order chi connectivity index (χ0) is 16.5. The van der Waals surface area contributed by atoms with Crippen molar-refractivity contribution in [1.82, 2.24) is 14.5 Å². The van der Waals surface area contributed by atoms with Crippen molar-refractivity contribution < 1.29 is 0 Å². The van der Waals surface area contributed by atoms with E-state index in [1.807, 2.05) is 47.3 Å². The van der Waals surface area contributed by atoms with Crippen LogP contribution in [0.15, 0.2) is 40.6 Å². The topological polar surface area (TPSA) is 51.0 Å². The molecule has 0 aliphatic carbocycles. The van der Waals surface area contributed by atoms with Gasteiger partial charge in [-0.25, -0.2) is 9.97 Å². The van der Waals surface area contributed by atoms with E-state index in [2.05, 4.69) is 14.9 Å². The molecule has 1 aromatic carbocycles. The second-order valence-electron chi connectivity index (χ2n) is 6.34. The highest BCUT2D eigenvalue weighted by Gasteiger charge is 2.22. The van der Waals surface area contributed by atoms with Crippen molar-refractivity contribution in [2.75, 3.05) is 18.0 Å². The van der Waals surface area contributed by atoms with E-state index in [1.54, 1.807) is 11.3 Å². The lowest BCUT2D eigenvalue weighted by molar-refractivity contribution is 0.348. The monoisotopic (exact) mass is 340 g/mol. The minimum atomic E-state index is 0.0838. The highest BCUT2D eigenvalue weighted by atomic mass is 32.1. The van der Waals surface area contributed by atoms with Crippen LogP contribution >= 0.6 is 11.3 Å². The van der Waals surface area contributed by atoms with E-state index in [-0.39, 0.29) is 5.56 Å². The molecule has 1 aliphatic heterocycles. The number of fused-ring (bicyclic) bond motifs is 1. The van der Waals surface area contributed by atoms with Gasteiger partial charge in [-0.15, -0.1) is 11.3 Å². The molecule has 0 N–H and O–H groups in total. The Kier molecular flexibility index (Phi) is 4.06. The number of aromatic nitrogens is 3. The summed E-state index contributed by atoms with van der Waals surface area (Å²) in [7, 11) is 0. The predicted octanol–water partition coefficient (Wildman–Crippen LogP) is 3.08. The summed E-state index contributed by atoms with van der Waals surface area (Å²) in [4.78, 5) is 24.1. The Morgan fingerprint density at radius 3 is 2.79 bits per heavy atom. The van der Waals surface area contributed by atoms with Crippen molar-refractivity contribution in [2.24, 2.45) is 5.92 Å². The Hall–Kier alpha value is -2.21. The fourth-order valence-corrected chi connectivity index (χ4v) is 4.13. The van der Waals surface area contributed by atoms with Gasteiger partial charge < -0.3 is 4.90 Å². The minimum absolute atomic E-state index is 0.0838. The van der Waals surface area contributed by atoms with Crippen molar-refractivity contribution in [3.63, 3.8) is 0 Å². The fourth-order valence-electron chi connectivity index (χ4n) is 3.43. The first-order chi connectivity index (χ1) is 11.7. The first-order valence-electron chi connectivity index (χ1n) is 8.33. The van der Waals surface area contributed by atoms with Gasteiger partial charge in [0.2, 0.25) is 0 Å². The molecular weight excluding hydrogens is 320 g/mol. The molecule has 0 radical (unpaired) electrons. The summed E-state index contributed by atoms with van der Waals surface area (Å²) in [6, 6.07) is 7.59. The summed E-state index contributed by atoms with van der Waals surface area (Å²) >= 11 is 1.69. The van der Waals surface area contributed by atoms with Crippen LogP contribution in [0.4, 0.5) is 5.13 Å². The number of hydrogen-bond donors (Lipinski definition) is 0. The van der Waals surface area contributed by atoms with Crippen molar-refractivity contribution in [3.8, 4) is 0 Å². The Bertz CT molecular complexity index is 895. The second-order valence-corrected chi connectivity index (χ2v) is 7.21. The molecule has 24 heavy (non-hydrogen) atoms. The standard InChI is InChI=1S/C18H20N4OS/c1-13-20-16-5-3-2-4-15(16)17(23)22(13)12-14-6-9-21(10-7-14)18-19-8-11-24-18/h2-5,8,11,14H,6-7,9-10,12H2,1H3. The number of anilines is 1. The number of thiazole rings is 1. The molecule has 0 spiro atoms. The van der Waals surface area contributed by atoms with E-state index < -0.39 is 0 Å². The van der Waals surface area contributed by atoms with Gasteiger partial charge in [-0.05, 0) is 37.8 Å². The summed E-state index contributed by atoms with van der Waals surface area (Å²) < 4.78 is 1.85. The van der Waals surface area contributed by atoms with E-state index in [0.29, 0.717) is 11.3 Å². The van der Waals surface area contributed by atoms with Crippen molar-refractivity contribution in [2.45, 2.75) is 26.3 Å². The first-order valence-corrected chi connectivity index (χ1v) is 9.21. The van der Waals surface area contributed by atoms with Crippen molar-refractivity contribution in [1.29, 1.82) is 0 Å². The summed E-state index contributed by atoms with van der Waals surface area (Å²) in [5.41, 5.74) is 0.871. The molecule has 1 aliphatic rings. The molecule has 1 fully saturated rings. The lowest BCUT2D eigenvalue weighted by Crippen LogP contribution is -2.37. The maximum absolute atomic E-state index is 12.8. The van der Waals surface area contributed by atoms with Crippen LogP contribution in [0.1, 0.15) is 18.7 Å². The van der Waals surface area contributed by atoms with Gasteiger partial charge in [0, 0.05) is 31.2 Å². The van der Waals surface area contributed by atoms with Gasteiger partial charge in [0.15, 0.2) is 5.13 Å². The Balaban J connectivity index is 1.52. The van der Waals surface area contributed by atoms with Crippen LogP contribution in [-0.2, 0) is 6.54 Å². The van der Waals surface area contributed by atoms with E-state index >= 15 is 0 Å². The lowest BCUT2D eigenvalue weighted by atomic mass is 9.97. The molecule has 0 saturated carbocycles. The largest absolute Gasteiger partial charge is 0.348 e. The zero-order valence-corrected chi connectivity index (χ0v) is 14.5. The third kappa shape index (κ3) is 2.82. The van der Waals surface area contributed by atoms with Crippen LogP contribution in [0.2, 0.25) is 0 Å². The molecule has 3 heterocycles. The Labute approximate surface area is 144 Å². The summed E-state index contributed by atoms with van der Waals surface area (Å²) in [6.45, 7) is 4.70. The average molecular weight is 340 g/mol. The van der Waals surface area contributed by atoms with Crippen LogP contribution in [0.3, 0.4) is 0 Å². The third-order valence-corrected chi connectivity index (χ3v) is 5.63. The summed E-state index contributed by atoms with van der Waals surface area (Å²) in [5.74, 6) is 1.32. The minimum Gasteiger partial charge on any atom is -0.348 e. The van der Waals surface area contributed by atoms with Gasteiger partial charge in [-0.1, -0.05) is 12.1 Å². The molecule has 2 aromatic heterocycles. The van der Waals surface area contributed by atoms with E-state index in [0.717, 1.165) is 48.9 Å². The molecule has 0 amide bonds. The maximum atomic E-state index is 12.8. The van der Waals surface area contributed by atoms with Gasteiger partial charge in [0.05, 0.1) is 10.9 Å². The van der Waals surface area contributed by atoms with Crippen LogP contribution in [0.5, 0.6) is 0 Å². The number of para-hydroxylation sites is 1. The highest BCUT2D eigenvalue weighted by molar-refractivity contribution is 7.13. The molecule has 4 rings (SSSR count). The lowest BCUT2D eigenvalue weighted by Gasteiger charge is -2.32. The predicted molar refractivity (Wildman–Crippen MR) is 97.8 cm³/mol. The molecule has 1 saturated heterocycles. The number of nitrogens with zero attached hydrogens (tertiary/aromatic N) is 4. The van der Waals surface area contributed by atoms with Gasteiger partial charge in [-0.3, -0.25) is 9.36 Å². The number of piperidine rings is 1. The molecule has 0 atom stereocenters. The quantitative estimate of drug-likeness (QED) is 0.735. The van der Waals surface area contributed by atoms with Crippen LogP contribution in [0.25, 0.3) is 10.9 Å². The maximum Gasteiger partial charge on any atom is 0.261 e. The van der Waals surface area contributed by atoms with Crippen LogP contribution < -0.4 is 10.5 Å². The average Bonchev–Trinajstić information content (AvgIpc) is 3.14. The smallest absolute Gasteiger partial charge is 0.261 e. The molecule has 124 valence electrons. The van der Waals surface area contributed by atoms with Gasteiger partial charge in [-0.2, -0.15) is 0 Å². The van der Waals surface area contributed by atoms with Crippen LogP contribution in [-0.4, -0.2) is 27.6 Å². The Morgan fingerprint density at radius 1 is 1.25 bits per heavy atom. The van der Waals surface area contributed by atoms with Crippen molar-refractivity contribution in [3.05, 3.63) is 52.0 Å². The summed E-state index contributed by atoms with van der Waals surface area (Å²) in [5, 5.41) is 3.84. The van der Waals surface area contributed by atoms with Gasteiger partial charge in [0.1, 0.15) is 5.82 Å². The molecular formula is C18H20N4OS. The molecule has 0 bridgehead atoms. The number of rotatable bonds is 3. The highest BCUT2D eigenvalue weighted by Crippen LogP contribution is 2.25. The number of hydrogen-bond acceptors (Lipinski definition) is 5. The SMILES string of the molecule is Cc1nc2ccccc2c(=O)n1CC1CCN(c2nccs2)CC1. The third-order valence-electron chi connectivity index (χ3n) is 4.80. The van der Waals surface area contributed by atoms with E-state index in [4.69, 9.17) is 0 Å². The number of benzene rings is 1. The molecule has 0 unspecified atom stereocenters. The fraction of sp³-hybridized carbons (Fsp3) is 0.389. The Morgan fingerprint density at radius 2 is 2.04 bits per heavy atom. The van der Waals surface area contributed by atoms with Crippen molar-refractivity contribution >= 4 is 27.4 Å². The summed E-state index contributed by atoms with van der Waals surface area (Å²) in [6.07, 6.45) is 4.02. The van der Waals surface area contributed by atoms with E-state index in [1.165, 1.54) is 0 Å². The molecule has 6 heteroatoms. The molecule has 3 aromatic rings.